The molecular weight excluding hydrogens is 720 g/mol. The summed E-state index contributed by atoms with van der Waals surface area (Å²) >= 11 is 0. The molecule has 2 heterocycles. The molecule has 2 amide bonds. The van der Waals surface area contributed by atoms with E-state index in [4.69, 9.17) is 39.9 Å². The molecular formula is C38H46N4O13. The molecule has 4 rings (SSSR count). The van der Waals surface area contributed by atoms with Gasteiger partial charge < -0.3 is 45.0 Å². The second-order valence-electron chi connectivity index (χ2n) is 11.2. The van der Waals surface area contributed by atoms with E-state index in [1.807, 2.05) is 0 Å². The lowest BCUT2D eigenvalue weighted by molar-refractivity contribution is -0.120. The number of methoxy groups -OCH3 is 2. The van der Waals surface area contributed by atoms with Crippen molar-refractivity contribution in [1.82, 2.24) is 9.13 Å². The summed E-state index contributed by atoms with van der Waals surface area (Å²) in [5.74, 6) is -3.50. The Hall–Kier alpha value is -6.78. The summed E-state index contributed by atoms with van der Waals surface area (Å²) in [7, 11) is 3.03. The van der Waals surface area contributed by atoms with Crippen molar-refractivity contribution in [3.8, 4) is 40.1 Å². The summed E-state index contributed by atoms with van der Waals surface area (Å²) in [6.07, 6.45) is 0. The normalized spacial score (nSPS) is 10.2. The molecule has 17 nitrogen and oxygen atoms in total. The highest BCUT2D eigenvalue weighted by Gasteiger charge is 2.33. The topological polar surface area (TPSA) is 240 Å². The molecule has 0 bridgehead atoms. The van der Waals surface area contributed by atoms with E-state index in [0.717, 1.165) is 0 Å². The van der Waals surface area contributed by atoms with Crippen molar-refractivity contribution in [2.75, 3.05) is 40.6 Å². The van der Waals surface area contributed by atoms with Crippen LogP contribution in [0.2, 0.25) is 0 Å². The molecule has 0 saturated heterocycles. The minimum absolute atomic E-state index is 0. The van der Waals surface area contributed by atoms with Gasteiger partial charge in [0.15, 0.2) is 53.4 Å². The number of Topliss-reactive ketones (excluding diaryl/α,β-unsaturated/α-hetero) is 2. The molecule has 55 heavy (non-hydrogen) atoms. The predicted octanol–water partition coefficient (Wildman–Crippen LogP) is 4.11. The third kappa shape index (κ3) is 10.2. The van der Waals surface area contributed by atoms with Crippen LogP contribution in [0, 0.1) is 6.92 Å². The first-order valence-electron chi connectivity index (χ1n) is 16.3. The average Bonchev–Trinajstić information content (AvgIpc) is 3.60. The Labute approximate surface area is 317 Å². The summed E-state index contributed by atoms with van der Waals surface area (Å²) < 4.78 is 33.8. The van der Waals surface area contributed by atoms with Crippen molar-refractivity contribution in [3.63, 3.8) is 0 Å². The first kappa shape index (κ1) is 44.4. The number of benzene rings is 2. The highest BCUT2D eigenvalue weighted by Crippen LogP contribution is 2.40. The van der Waals surface area contributed by atoms with Crippen LogP contribution < -0.4 is 30.4 Å². The van der Waals surface area contributed by atoms with Crippen LogP contribution in [0.3, 0.4) is 0 Å². The number of esters is 2. The van der Waals surface area contributed by atoms with Gasteiger partial charge in [-0.3, -0.25) is 28.3 Å². The Balaban J connectivity index is 0.000000373. The molecule has 2 aromatic heterocycles. The van der Waals surface area contributed by atoms with Crippen molar-refractivity contribution < 1.29 is 62.3 Å². The molecule has 0 atom stereocenters. The van der Waals surface area contributed by atoms with Crippen LogP contribution in [-0.2, 0) is 19.1 Å². The maximum Gasteiger partial charge on any atom is 0.359 e. The lowest BCUT2D eigenvalue weighted by atomic mass is 10.2. The minimum atomic E-state index is -0.837. The van der Waals surface area contributed by atoms with Gasteiger partial charge in [0, 0.05) is 30.8 Å². The Morgan fingerprint density at radius 2 is 0.982 bits per heavy atom. The third-order valence-corrected chi connectivity index (χ3v) is 7.44. The zero-order valence-electron chi connectivity index (χ0n) is 30.8. The average molecular weight is 767 g/mol. The molecule has 0 radical (unpaired) electrons. The SMILES string of the molecule is C.CCOC(=O)c1c(OCC(N)=O)c(C)c(C(C)=O)n1-c1ccc(OC)cc1.CCOC(=O)c1c(OCC(N)=O)c(O)c(C(C)=O)n1-c1ccc(OC)cc1. The molecule has 2 aromatic carbocycles. The standard InChI is InChI=1S/C19H22N2O6.C18H20N2O7.CH4/c1-5-26-19(24)17-18(27-10-15(20)23)11(2)16(12(3)22)21(17)13-6-8-14(25-4)9-7-13;1-4-26-18(24)15-17(27-9-13(19)22)16(23)14(10(2)21)20(15)11-5-7-12(25-3)8-6-11;/h6-9H,5,10H2,1-4H3,(H2,20,23);5-8,23H,4,9H2,1-3H3,(H2,19,22);1H4. The fourth-order valence-corrected chi connectivity index (χ4v) is 5.30. The molecule has 0 spiro atoms. The fourth-order valence-electron chi connectivity index (χ4n) is 5.30. The van der Waals surface area contributed by atoms with Crippen LogP contribution in [0.25, 0.3) is 11.4 Å². The van der Waals surface area contributed by atoms with Gasteiger partial charge in [-0.25, -0.2) is 9.59 Å². The van der Waals surface area contributed by atoms with E-state index in [9.17, 15) is 33.9 Å². The quantitative estimate of drug-likeness (QED) is 0.108. The van der Waals surface area contributed by atoms with Crippen LogP contribution in [0.4, 0.5) is 0 Å². The van der Waals surface area contributed by atoms with E-state index >= 15 is 0 Å². The Morgan fingerprint density at radius 3 is 1.33 bits per heavy atom. The summed E-state index contributed by atoms with van der Waals surface area (Å²) in [5, 5.41) is 10.5. The predicted molar refractivity (Wildman–Crippen MR) is 199 cm³/mol. The van der Waals surface area contributed by atoms with Crippen molar-refractivity contribution in [2.45, 2.75) is 42.0 Å². The molecule has 0 fully saturated rings. The number of aromatic hydroxyl groups is 1. The van der Waals surface area contributed by atoms with Gasteiger partial charge in [0.05, 0.1) is 33.1 Å². The smallest absolute Gasteiger partial charge is 0.359 e. The minimum Gasteiger partial charge on any atom is -0.503 e. The number of rotatable bonds is 16. The molecule has 0 aliphatic rings. The van der Waals surface area contributed by atoms with Crippen LogP contribution in [0.1, 0.15) is 82.6 Å². The first-order valence-corrected chi connectivity index (χ1v) is 16.3. The summed E-state index contributed by atoms with van der Waals surface area (Å²) in [5.41, 5.74) is 11.4. The monoisotopic (exact) mass is 766 g/mol. The zero-order valence-corrected chi connectivity index (χ0v) is 30.8. The van der Waals surface area contributed by atoms with Crippen molar-refractivity contribution in [1.29, 1.82) is 0 Å². The molecule has 5 N–H and O–H groups in total. The number of primary amides is 2. The summed E-state index contributed by atoms with van der Waals surface area (Å²) in [6.45, 7) is 6.68. The molecule has 0 unspecified atom stereocenters. The zero-order chi connectivity index (χ0) is 40.3. The van der Waals surface area contributed by atoms with Gasteiger partial charge in [-0.05, 0) is 69.3 Å². The lowest BCUT2D eigenvalue weighted by Gasteiger charge is -2.13. The molecule has 296 valence electrons. The Kier molecular flexibility index (Phi) is 16.0. The highest BCUT2D eigenvalue weighted by molar-refractivity contribution is 6.03. The Morgan fingerprint density at radius 1 is 0.618 bits per heavy atom. The number of hydrogen-bond donors (Lipinski definition) is 3. The third-order valence-electron chi connectivity index (χ3n) is 7.44. The van der Waals surface area contributed by atoms with E-state index in [2.05, 4.69) is 0 Å². The van der Waals surface area contributed by atoms with Crippen LogP contribution in [0.15, 0.2) is 48.5 Å². The molecule has 17 heteroatoms. The number of aromatic nitrogens is 2. The second kappa shape index (κ2) is 19.9. The number of ketones is 2. The maximum atomic E-state index is 12.6. The van der Waals surface area contributed by atoms with Gasteiger partial charge in [-0.2, -0.15) is 0 Å². The van der Waals surface area contributed by atoms with Crippen molar-refractivity contribution in [2.24, 2.45) is 11.5 Å². The molecule has 0 aliphatic carbocycles. The summed E-state index contributed by atoms with van der Waals surface area (Å²) in [4.78, 5) is 71.9. The number of hydrogen-bond acceptors (Lipinski definition) is 13. The largest absolute Gasteiger partial charge is 0.503 e. The molecule has 4 aromatic rings. The maximum absolute atomic E-state index is 12.6. The number of carbonyl (C=O) groups excluding carboxylic acids is 6. The van der Waals surface area contributed by atoms with Gasteiger partial charge in [-0.15, -0.1) is 0 Å². The Bertz CT molecular complexity index is 1880. The van der Waals surface area contributed by atoms with E-state index in [1.54, 1.807) is 69.3 Å². The lowest BCUT2D eigenvalue weighted by Crippen LogP contribution is -2.21. The highest BCUT2D eigenvalue weighted by atomic mass is 16.5. The second-order valence-corrected chi connectivity index (χ2v) is 11.2. The number of nitrogens with two attached hydrogens (primary N) is 2. The number of nitrogens with zero attached hydrogens (tertiary/aromatic N) is 2. The number of ether oxygens (including phenoxy) is 6. The molecule has 0 aliphatic heterocycles. The van der Waals surface area contributed by atoms with Gasteiger partial charge in [0.1, 0.15) is 17.2 Å². The van der Waals surface area contributed by atoms with E-state index in [0.29, 0.717) is 28.4 Å². The van der Waals surface area contributed by atoms with E-state index in [1.165, 1.54) is 37.2 Å². The fraction of sp³-hybridized carbons (Fsp3) is 0.316. The van der Waals surface area contributed by atoms with Crippen molar-refractivity contribution >= 4 is 35.3 Å². The van der Waals surface area contributed by atoms with Crippen LogP contribution >= 0.6 is 0 Å². The van der Waals surface area contributed by atoms with E-state index in [-0.39, 0.29) is 60.7 Å². The first-order chi connectivity index (χ1) is 25.6. The van der Waals surface area contributed by atoms with E-state index < -0.39 is 48.5 Å². The van der Waals surface area contributed by atoms with Crippen molar-refractivity contribution in [3.05, 3.63) is 76.9 Å². The van der Waals surface area contributed by atoms with Gasteiger partial charge in [-0.1, -0.05) is 7.43 Å². The van der Waals surface area contributed by atoms with Gasteiger partial charge >= 0.3 is 11.9 Å². The van der Waals surface area contributed by atoms with Crippen LogP contribution in [-0.4, -0.2) is 90.2 Å². The van der Waals surface area contributed by atoms with Crippen LogP contribution in [0.5, 0.6) is 28.7 Å². The van der Waals surface area contributed by atoms with Gasteiger partial charge in [0.2, 0.25) is 0 Å². The number of amides is 2. The summed E-state index contributed by atoms with van der Waals surface area (Å²) in [6, 6.07) is 13.2. The van der Waals surface area contributed by atoms with Gasteiger partial charge in [0.25, 0.3) is 11.8 Å². The molecule has 0 saturated carbocycles. The number of carbonyl (C=O) groups is 6.